The van der Waals surface area contributed by atoms with Gasteiger partial charge in [-0.15, -0.1) is 0 Å². The summed E-state index contributed by atoms with van der Waals surface area (Å²) in [4.78, 5) is 8.54. The fraction of sp³-hybridized carbons (Fsp3) is 0.286. The zero-order chi connectivity index (χ0) is 13.1. The first-order chi connectivity index (χ1) is 8.56. The predicted octanol–water partition coefficient (Wildman–Crippen LogP) is 1.92. The third kappa shape index (κ3) is 2.84. The van der Waals surface area contributed by atoms with Gasteiger partial charge < -0.3 is 11.5 Å². The van der Waals surface area contributed by atoms with Crippen LogP contribution in [0, 0.1) is 13.8 Å². The van der Waals surface area contributed by atoms with Crippen molar-refractivity contribution < 1.29 is 0 Å². The highest BCUT2D eigenvalue weighted by molar-refractivity contribution is 5.39. The second-order valence-electron chi connectivity index (χ2n) is 4.57. The van der Waals surface area contributed by atoms with Crippen molar-refractivity contribution in [2.24, 2.45) is 5.73 Å². The van der Waals surface area contributed by atoms with Crippen molar-refractivity contribution in [2.45, 2.75) is 26.3 Å². The Morgan fingerprint density at radius 1 is 1.28 bits per heavy atom. The van der Waals surface area contributed by atoms with E-state index in [1.807, 2.05) is 38.1 Å². The first-order valence-corrected chi connectivity index (χ1v) is 5.96. The molecule has 0 bridgehead atoms. The molecular weight excluding hydrogens is 224 g/mol. The number of rotatable bonds is 3. The number of pyridine rings is 2. The summed E-state index contributed by atoms with van der Waals surface area (Å²) in [5.74, 6) is 0.539. The van der Waals surface area contributed by atoms with Gasteiger partial charge in [-0.25, -0.2) is 4.98 Å². The van der Waals surface area contributed by atoms with Crippen molar-refractivity contribution in [1.82, 2.24) is 9.97 Å². The van der Waals surface area contributed by atoms with Crippen LogP contribution in [-0.4, -0.2) is 9.97 Å². The van der Waals surface area contributed by atoms with Crippen molar-refractivity contribution in [2.75, 3.05) is 5.73 Å². The van der Waals surface area contributed by atoms with Gasteiger partial charge in [0.05, 0.1) is 11.7 Å². The zero-order valence-electron chi connectivity index (χ0n) is 10.7. The van der Waals surface area contributed by atoms with E-state index in [0.717, 1.165) is 17.0 Å². The van der Waals surface area contributed by atoms with Crippen molar-refractivity contribution in [1.29, 1.82) is 0 Å². The molecule has 2 rings (SSSR count). The first kappa shape index (κ1) is 12.5. The molecule has 0 amide bonds. The molecule has 0 fully saturated rings. The number of anilines is 1. The maximum Gasteiger partial charge on any atom is 0.126 e. The maximum atomic E-state index is 6.19. The first-order valence-electron chi connectivity index (χ1n) is 5.96. The van der Waals surface area contributed by atoms with Gasteiger partial charge in [0, 0.05) is 11.9 Å². The lowest BCUT2D eigenvalue weighted by atomic mass is 10.0. The highest BCUT2D eigenvalue weighted by Gasteiger charge is 2.11. The van der Waals surface area contributed by atoms with E-state index in [2.05, 4.69) is 9.97 Å². The predicted molar refractivity (Wildman–Crippen MR) is 73.0 cm³/mol. The lowest BCUT2D eigenvalue weighted by molar-refractivity contribution is 0.692. The highest BCUT2D eigenvalue weighted by atomic mass is 14.8. The summed E-state index contributed by atoms with van der Waals surface area (Å²) in [6, 6.07) is 7.71. The summed E-state index contributed by atoms with van der Waals surface area (Å²) in [6.45, 7) is 4.02. The minimum Gasteiger partial charge on any atom is -0.383 e. The molecule has 0 aromatic carbocycles. The molecule has 2 aromatic heterocycles. The van der Waals surface area contributed by atoms with E-state index in [4.69, 9.17) is 11.5 Å². The van der Waals surface area contributed by atoms with Crippen LogP contribution in [0.25, 0.3) is 0 Å². The molecule has 0 saturated heterocycles. The van der Waals surface area contributed by atoms with Crippen LogP contribution in [0.5, 0.6) is 0 Å². The van der Waals surface area contributed by atoms with E-state index in [-0.39, 0.29) is 6.04 Å². The molecule has 1 atom stereocenters. The average Bonchev–Trinajstić information content (AvgIpc) is 2.31. The van der Waals surface area contributed by atoms with Gasteiger partial charge in [-0.3, -0.25) is 4.98 Å². The summed E-state index contributed by atoms with van der Waals surface area (Å²) in [5, 5.41) is 0. The van der Waals surface area contributed by atoms with Gasteiger partial charge in [0.2, 0.25) is 0 Å². The molecule has 4 heteroatoms. The van der Waals surface area contributed by atoms with Crippen LogP contribution >= 0.6 is 0 Å². The molecule has 0 radical (unpaired) electrons. The number of nitrogens with two attached hydrogens (primary N) is 2. The molecule has 18 heavy (non-hydrogen) atoms. The van der Waals surface area contributed by atoms with Crippen molar-refractivity contribution in [3.8, 4) is 0 Å². The molecule has 94 valence electrons. The Bertz CT molecular complexity index is 531. The summed E-state index contributed by atoms with van der Waals surface area (Å²) in [6.07, 6.45) is 2.33. The lowest BCUT2D eigenvalue weighted by Gasteiger charge is -2.13. The van der Waals surface area contributed by atoms with Crippen molar-refractivity contribution >= 4 is 5.82 Å². The van der Waals surface area contributed by atoms with Crippen molar-refractivity contribution in [3.63, 3.8) is 0 Å². The van der Waals surface area contributed by atoms with Gasteiger partial charge in [-0.05, 0) is 49.6 Å². The Balaban J connectivity index is 2.22. The second kappa shape index (κ2) is 5.14. The molecule has 4 nitrogen and oxygen atoms in total. The number of aromatic nitrogens is 2. The van der Waals surface area contributed by atoms with Gasteiger partial charge in [0.25, 0.3) is 0 Å². The standard InChI is InChI=1S/C14H18N4/c1-9-6-10(2)18-13(7-9)12(15)8-11-4-3-5-17-14(11)16/h3-7,12H,8,15H2,1-2H3,(H2,16,17). The topological polar surface area (TPSA) is 77.8 Å². The Hall–Kier alpha value is -1.94. The third-order valence-corrected chi connectivity index (χ3v) is 2.86. The van der Waals surface area contributed by atoms with E-state index in [0.29, 0.717) is 12.2 Å². The third-order valence-electron chi connectivity index (χ3n) is 2.86. The minimum absolute atomic E-state index is 0.157. The normalized spacial score (nSPS) is 12.4. The Labute approximate surface area is 107 Å². The number of hydrogen-bond donors (Lipinski definition) is 2. The highest BCUT2D eigenvalue weighted by Crippen LogP contribution is 2.18. The Morgan fingerprint density at radius 3 is 2.72 bits per heavy atom. The summed E-state index contributed by atoms with van der Waals surface area (Å²) < 4.78 is 0. The van der Waals surface area contributed by atoms with Crippen LogP contribution in [0.1, 0.15) is 28.6 Å². The van der Waals surface area contributed by atoms with Crippen LogP contribution < -0.4 is 11.5 Å². The lowest BCUT2D eigenvalue weighted by Crippen LogP contribution is -2.16. The van der Waals surface area contributed by atoms with Crippen LogP contribution in [-0.2, 0) is 6.42 Å². The molecule has 2 heterocycles. The maximum absolute atomic E-state index is 6.19. The Kier molecular flexibility index (Phi) is 3.58. The van der Waals surface area contributed by atoms with Crippen LogP contribution in [0.4, 0.5) is 5.82 Å². The molecule has 1 unspecified atom stereocenters. The van der Waals surface area contributed by atoms with E-state index in [1.165, 1.54) is 5.56 Å². The van der Waals surface area contributed by atoms with Crippen molar-refractivity contribution in [3.05, 3.63) is 53.0 Å². The quantitative estimate of drug-likeness (QED) is 0.862. The van der Waals surface area contributed by atoms with E-state index in [1.54, 1.807) is 6.20 Å². The van der Waals surface area contributed by atoms with Crippen LogP contribution in [0.2, 0.25) is 0 Å². The Morgan fingerprint density at radius 2 is 2.06 bits per heavy atom. The number of nitrogens with zero attached hydrogens (tertiary/aromatic N) is 2. The molecule has 2 aromatic rings. The number of hydrogen-bond acceptors (Lipinski definition) is 4. The van der Waals surface area contributed by atoms with E-state index in [9.17, 15) is 0 Å². The minimum atomic E-state index is -0.157. The van der Waals surface area contributed by atoms with Gasteiger partial charge in [-0.2, -0.15) is 0 Å². The molecule has 0 spiro atoms. The molecule has 0 aliphatic rings. The SMILES string of the molecule is Cc1cc(C)nc(C(N)Cc2cccnc2N)c1. The summed E-state index contributed by atoms with van der Waals surface area (Å²) in [7, 11) is 0. The molecule has 4 N–H and O–H groups in total. The van der Waals surface area contributed by atoms with E-state index < -0.39 is 0 Å². The average molecular weight is 242 g/mol. The number of aryl methyl sites for hydroxylation is 2. The smallest absolute Gasteiger partial charge is 0.126 e. The molecule has 0 aliphatic heterocycles. The summed E-state index contributed by atoms with van der Waals surface area (Å²) in [5.41, 5.74) is 16.0. The number of nitrogen functional groups attached to an aromatic ring is 1. The van der Waals surface area contributed by atoms with Crippen LogP contribution in [0.15, 0.2) is 30.5 Å². The fourth-order valence-corrected chi connectivity index (χ4v) is 2.03. The van der Waals surface area contributed by atoms with Gasteiger partial charge in [0.15, 0.2) is 0 Å². The zero-order valence-corrected chi connectivity index (χ0v) is 10.7. The van der Waals surface area contributed by atoms with Gasteiger partial charge in [-0.1, -0.05) is 6.07 Å². The fourth-order valence-electron chi connectivity index (χ4n) is 2.03. The van der Waals surface area contributed by atoms with Gasteiger partial charge in [0.1, 0.15) is 5.82 Å². The second-order valence-corrected chi connectivity index (χ2v) is 4.57. The van der Waals surface area contributed by atoms with Gasteiger partial charge >= 0.3 is 0 Å². The summed E-state index contributed by atoms with van der Waals surface area (Å²) >= 11 is 0. The largest absolute Gasteiger partial charge is 0.383 e. The monoisotopic (exact) mass is 242 g/mol. The van der Waals surface area contributed by atoms with Crippen LogP contribution in [0.3, 0.4) is 0 Å². The molecule has 0 aliphatic carbocycles. The van der Waals surface area contributed by atoms with E-state index >= 15 is 0 Å². The molecular formula is C14H18N4. The molecule has 0 saturated carbocycles.